The molecule has 0 aliphatic carbocycles. The quantitative estimate of drug-likeness (QED) is 0.0978. The van der Waals surface area contributed by atoms with E-state index < -0.39 is 27.3 Å². The lowest BCUT2D eigenvalue weighted by molar-refractivity contribution is 0.0945. The molecule has 0 saturated heterocycles. The summed E-state index contributed by atoms with van der Waals surface area (Å²) in [4.78, 5) is 46.9. The summed E-state index contributed by atoms with van der Waals surface area (Å²) in [6, 6.07) is 3.23. The minimum absolute atomic E-state index is 0.0147. The van der Waals surface area contributed by atoms with Crippen LogP contribution in [-0.4, -0.2) is 81.9 Å². The summed E-state index contributed by atoms with van der Waals surface area (Å²) >= 11 is 13.2. The largest absolute Gasteiger partial charge is 0.748 e. The molecule has 0 saturated carbocycles. The lowest BCUT2D eigenvalue weighted by Crippen LogP contribution is -2.39. The number of amidine groups is 1. The van der Waals surface area contributed by atoms with E-state index in [4.69, 9.17) is 11.5 Å². The van der Waals surface area contributed by atoms with Gasteiger partial charge in [0.1, 0.15) is 17.2 Å². The van der Waals surface area contributed by atoms with Gasteiger partial charge < -0.3 is 46.9 Å². The summed E-state index contributed by atoms with van der Waals surface area (Å²) < 4.78 is 36.3. The van der Waals surface area contributed by atoms with E-state index in [9.17, 15) is 22.6 Å². The third kappa shape index (κ3) is 8.73. The number of nitrogen functional groups attached to an aromatic ring is 1. The van der Waals surface area contributed by atoms with E-state index in [1.807, 2.05) is 0 Å². The van der Waals surface area contributed by atoms with Crippen molar-refractivity contribution in [3.63, 3.8) is 0 Å². The van der Waals surface area contributed by atoms with Gasteiger partial charge in [-0.15, -0.1) is 0 Å². The first kappa shape index (κ1) is 34.6. The smallest absolute Gasteiger partial charge is 0.268 e. The fourth-order valence-corrected chi connectivity index (χ4v) is 5.68. The number of rotatable bonds is 12. The molecule has 3 aromatic heterocycles. The molecule has 0 fully saturated rings. The number of hydrogen-bond donors (Lipinski definition) is 8. The molecular weight excluding hydrogens is 874 g/mol. The number of carbonyl (C=O) groups is 2. The van der Waals surface area contributed by atoms with Gasteiger partial charge in [-0.3, -0.25) is 14.6 Å². The number of carbonyl (C=O) groups excluding carboxylic acids is 2. The summed E-state index contributed by atoms with van der Waals surface area (Å²) in [6.07, 6.45) is 6.37. The summed E-state index contributed by atoms with van der Waals surface area (Å²) in [5.74, 6) is -1.47. The number of guanidine groups is 1. The summed E-state index contributed by atoms with van der Waals surface area (Å²) in [5.41, 5.74) is 11.8. The van der Waals surface area contributed by atoms with Crippen LogP contribution in [0.4, 0.5) is 5.95 Å². The van der Waals surface area contributed by atoms with Crippen molar-refractivity contribution in [1.82, 2.24) is 35.9 Å². The van der Waals surface area contributed by atoms with Crippen LogP contribution in [0.25, 0.3) is 6.08 Å². The van der Waals surface area contributed by atoms with Crippen LogP contribution in [0.2, 0.25) is 0 Å². The fourth-order valence-electron chi connectivity index (χ4n) is 4.05. The van der Waals surface area contributed by atoms with Gasteiger partial charge in [-0.2, -0.15) is 0 Å². The highest BCUT2D eigenvalue weighted by atomic mass is 79.9. The Kier molecular flexibility index (Phi) is 11.1. The van der Waals surface area contributed by atoms with Gasteiger partial charge in [-0.05, 0) is 88.0 Å². The van der Waals surface area contributed by atoms with E-state index in [-0.39, 0.29) is 49.0 Å². The van der Waals surface area contributed by atoms with Crippen LogP contribution in [0.5, 0.6) is 0 Å². The van der Waals surface area contributed by atoms with E-state index in [2.05, 4.69) is 110 Å². The van der Waals surface area contributed by atoms with E-state index >= 15 is 0 Å². The molecule has 45 heavy (non-hydrogen) atoms. The zero-order valence-corrected chi connectivity index (χ0v) is 29.9. The van der Waals surface area contributed by atoms with Crippen LogP contribution in [-0.2, 0) is 15.7 Å². The molecule has 0 bridgehead atoms. The highest BCUT2D eigenvalue weighted by molar-refractivity contribution is 9.13. The van der Waals surface area contributed by atoms with Crippen molar-refractivity contribution in [3.05, 3.63) is 71.3 Å². The third-order valence-electron chi connectivity index (χ3n) is 5.98. The molecule has 0 radical (unpaired) electrons. The number of anilines is 1. The van der Waals surface area contributed by atoms with Gasteiger partial charge in [0.25, 0.3) is 11.8 Å². The topological polar surface area (TPSA) is 264 Å². The molecule has 0 aromatic carbocycles. The summed E-state index contributed by atoms with van der Waals surface area (Å²) in [7, 11) is -4.56. The Morgan fingerprint density at radius 3 is 2.09 bits per heavy atom. The second kappa shape index (κ2) is 14.5. The number of nitrogens with zero attached hydrogens (tertiary/aromatic N) is 3. The number of H-pyrrole nitrogens is 3. The van der Waals surface area contributed by atoms with Gasteiger partial charge in [0.05, 0.1) is 52.0 Å². The van der Waals surface area contributed by atoms with Crippen molar-refractivity contribution in [3.8, 4) is 0 Å². The standard InChI is InChI=1S/C24H25Br4N11O5S/c25-11-9-14(34-17(11)27)19(40)31-5-1-3-13-16(37-22(29)36-13)24(21(38-23(30)39-24)33-7-8-45(42,43)44)4-2-6-32-20(41)15-10-12(26)18(28)35-15/h1-4,9-10,34-35H,5-8H2,(H,31,40)(H,32,41)(H3,29,36,37)(H,42,43,44)(H3,30,33,38,39)/p-1/b3-1+,4-2+. The van der Waals surface area contributed by atoms with Crippen molar-refractivity contribution in [2.75, 3.05) is 31.1 Å². The van der Waals surface area contributed by atoms with Gasteiger partial charge in [-0.1, -0.05) is 12.2 Å². The molecule has 1 aliphatic heterocycles. The predicted molar refractivity (Wildman–Crippen MR) is 182 cm³/mol. The Morgan fingerprint density at radius 1 is 0.978 bits per heavy atom. The SMILES string of the molecule is NC1=NC(/C=C/CNC(=O)c2cc(Br)c(Br)[nH]2)(c2[nH]c(N)nc2/C=C/CNC(=O)c2cc(Br)c(Br)[nH]2)C(=NCCS(=O)(=O)[O-])N1. The first-order chi connectivity index (χ1) is 21.2. The number of aromatic nitrogens is 4. The molecule has 2 amide bonds. The van der Waals surface area contributed by atoms with Crippen molar-refractivity contribution < 1.29 is 22.6 Å². The number of nitrogens with one attached hydrogen (secondary N) is 6. The van der Waals surface area contributed by atoms with E-state index in [1.54, 1.807) is 36.4 Å². The number of imidazole rings is 1. The van der Waals surface area contributed by atoms with Crippen LogP contribution >= 0.6 is 63.7 Å². The van der Waals surface area contributed by atoms with Gasteiger partial charge in [0.15, 0.2) is 17.4 Å². The normalized spacial score (nSPS) is 17.7. The average molecular weight is 898 g/mol. The molecule has 240 valence electrons. The van der Waals surface area contributed by atoms with Crippen molar-refractivity contribution in [1.29, 1.82) is 0 Å². The van der Waals surface area contributed by atoms with Crippen LogP contribution in [0.15, 0.2) is 58.5 Å². The van der Waals surface area contributed by atoms with Crippen LogP contribution < -0.4 is 27.4 Å². The molecule has 3 aromatic rings. The van der Waals surface area contributed by atoms with E-state index in [0.717, 1.165) is 0 Å². The molecule has 1 atom stereocenters. The minimum atomic E-state index is -4.56. The van der Waals surface area contributed by atoms with E-state index in [0.29, 0.717) is 35.2 Å². The number of hydrogen-bond acceptors (Lipinski definition) is 10. The lowest BCUT2D eigenvalue weighted by atomic mass is 9.92. The Morgan fingerprint density at radius 2 is 1.56 bits per heavy atom. The first-order valence-corrected chi connectivity index (χ1v) is 17.4. The molecule has 21 heteroatoms. The maximum absolute atomic E-state index is 12.6. The Labute approximate surface area is 289 Å². The molecule has 16 nitrogen and oxygen atoms in total. The fraction of sp³-hybridized carbons (Fsp3) is 0.208. The molecule has 4 heterocycles. The van der Waals surface area contributed by atoms with Crippen molar-refractivity contribution >= 4 is 109 Å². The first-order valence-electron chi connectivity index (χ1n) is 12.6. The zero-order chi connectivity index (χ0) is 32.9. The van der Waals surface area contributed by atoms with Crippen LogP contribution in [0.3, 0.4) is 0 Å². The summed E-state index contributed by atoms with van der Waals surface area (Å²) in [6.45, 7) is -0.227. The van der Waals surface area contributed by atoms with Gasteiger partial charge >= 0.3 is 0 Å². The molecule has 1 unspecified atom stereocenters. The molecule has 1 aliphatic rings. The zero-order valence-electron chi connectivity index (χ0n) is 22.8. The molecule has 4 rings (SSSR count). The maximum Gasteiger partial charge on any atom is 0.268 e. The van der Waals surface area contributed by atoms with Crippen molar-refractivity contribution in [2.45, 2.75) is 5.54 Å². The number of nitrogens with two attached hydrogens (primary N) is 2. The average Bonchev–Trinajstić information content (AvgIpc) is 3.69. The Bertz CT molecular complexity index is 1810. The molecular formula is C24H24Br4N11O5S-. The highest BCUT2D eigenvalue weighted by Crippen LogP contribution is 2.34. The number of halogens is 4. The molecule has 0 spiro atoms. The Balaban J connectivity index is 1.61. The number of aromatic amines is 3. The Hall–Kier alpha value is -3.24. The lowest BCUT2D eigenvalue weighted by Gasteiger charge is -2.22. The number of aliphatic imine (C=N–C) groups is 2. The maximum atomic E-state index is 12.6. The predicted octanol–water partition coefficient (Wildman–Crippen LogP) is 2.18. The number of amides is 2. The third-order valence-corrected chi connectivity index (χ3v) is 10.2. The molecule has 10 N–H and O–H groups in total. The highest BCUT2D eigenvalue weighted by Gasteiger charge is 2.43. The van der Waals surface area contributed by atoms with Gasteiger partial charge in [-0.25, -0.2) is 18.4 Å². The van der Waals surface area contributed by atoms with E-state index in [1.165, 1.54) is 0 Å². The van der Waals surface area contributed by atoms with Crippen molar-refractivity contribution in [2.24, 2.45) is 15.7 Å². The second-order valence-electron chi connectivity index (χ2n) is 9.18. The summed E-state index contributed by atoms with van der Waals surface area (Å²) in [5, 5.41) is 8.29. The minimum Gasteiger partial charge on any atom is -0.748 e. The van der Waals surface area contributed by atoms with Gasteiger partial charge in [0, 0.05) is 13.1 Å². The van der Waals surface area contributed by atoms with Crippen LogP contribution in [0.1, 0.15) is 32.4 Å². The van der Waals surface area contributed by atoms with Gasteiger partial charge in [0.2, 0.25) is 0 Å². The monoisotopic (exact) mass is 894 g/mol. The second-order valence-corrected chi connectivity index (χ2v) is 14.0. The van der Waals surface area contributed by atoms with Crippen LogP contribution in [0, 0.1) is 0 Å².